The summed E-state index contributed by atoms with van der Waals surface area (Å²) >= 11 is 0. The molecule has 206 valence electrons. The number of amides is 2. The van der Waals surface area contributed by atoms with Gasteiger partial charge in [-0.05, 0) is 24.6 Å². The van der Waals surface area contributed by atoms with Crippen LogP contribution in [-0.4, -0.2) is 11.8 Å². The molecule has 0 heterocycles. The lowest BCUT2D eigenvalue weighted by Gasteiger charge is -2.14. The molecular weight excluding hydrogens is 484 g/mol. The minimum absolute atomic E-state index is 0.0188. The highest BCUT2D eigenvalue weighted by atomic mass is 19.4. The maximum absolute atomic E-state index is 12.9. The second kappa shape index (κ2) is 16.6. The quantitative estimate of drug-likeness (QED) is 0.163. The number of hydrogen-bond donors (Lipinski definition) is 1. The molecule has 0 radical (unpaired) electrons. The van der Waals surface area contributed by atoms with E-state index in [2.05, 4.69) is 6.92 Å². The first-order valence-corrected chi connectivity index (χ1v) is 13.1. The number of halogens is 6. The Kier molecular flexibility index (Phi) is 14.8. The van der Waals surface area contributed by atoms with Crippen LogP contribution in [0.1, 0.15) is 131 Å². The van der Waals surface area contributed by atoms with Crippen molar-refractivity contribution in [2.45, 2.75) is 122 Å². The smallest absolute Gasteiger partial charge is 0.292 e. The SMILES string of the molecule is CCCCCCCCCCCCCCCCCC(=O)NC(=O)c1cc(C(F)(F)F)cc(C(F)(F)F)c1. The van der Waals surface area contributed by atoms with E-state index < -0.39 is 40.9 Å². The normalized spacial score (nSPS) is 12.1. The van der Waals surface area contributed by atoms with Gasteiger partial charge in [-0.15, -0.1) is 0 Å². The van der Waals surface area contributed by atoms with Crippen molar-refractivity contribution < 1.29 is 35.9 Å². The van der Waals surface area contributed by atoms with Crippen molar-refractivity contribution in [3.63, 3.8) is 0 Å². The van der Waals surface area contributed by atoms with Gasteiger partial charge in [0.05, 0.1) is 11.1 Å². The molecule has 1 N–H and O–H groups in total. The number of carbonyl (C=O) groups is 2. The summed E-state index contributed by atoms with van der Waals surface area (Å²) in [7, 11) is 0. The van der Waals surface area contributed by atoms with Gasteiger partial charge in [0.25, 0.3) is 5.91 Å². The highest BCUT2D eigenvalue weighted by Crippen LogP contribution is 2.36. The largest absolute Gasteiger partial charge is 0.416 e. The molecular formula is C27H39F6NO2. The number of nitrogens with one attached hydrogen (secondary N) is 1. The number of imide groups is 1. The molecule has 1 aromatic carbocycles. The Morgan fingerprint density at radius 2 is 0.972 bits per heavy atom. The summed E-state index contributed by atoms with van der Waals surface area (Å²) in [6.07, 6.45) is 7.09. The maximum Gasteiger partial charge on any atom is 0.416 e. The summed E-state index contributed by atoms with van der Waals surface area (Å²) < 4.78 is 77.6. The van der Waals surface area contributed by atoms with Crippen molar-refractivity contribution in [3.8, 4) is 0 Å². The predicted octanol–water partition coefficient (Wildman–Crippen LogP) is 9.24. The van der Waals surface area contributed by atoms with Crippen molar-refractivity contribution in [1.82, 2.24) is 5.32 Å². The van der Waals surface area contributed by atoms with E-state index in [4.69, 9.17) is 0 Å². The summed E-state index contributed by atoms with van der Waals surface area (Å²) in [4.78, 5) is 24.1. The van der Waals surface area contributed by atoms with E-state index >= 15 is 0 Å². The van der Waals surface area contributed by atoms with Gasteiger partial charge in [0.2, 0.25) is 5.91 Å². The number of hydrogen-bond acceptors (Lipinski definition) is 2. The average molecular weight is 524 g/mol. The lowest BCUT2D eigenvalue weighted by Crippen LogP contribution is -2.30. The Morgan fingerprint density at radius 3 is 1.33 bits per heavy atom. The van der Waals surface area contributed by atoms with Crippen molar-refractivity contribution in [1.29, 1.82) is 0 Å². The fourth-order valence-electron chi connectivity index (χ4n) is 4.00. The number of alkyl halides is 6. The van der Waals surface area contributed by atoms with Crippen LogP contribution in [0.5, 0.6) is 0 Å². The Bertz CT molecular complexity index is 757. The fourth-order valence-corrected chi connectivity index (χ4v) is 4.00. The number of unbranched alkanes of at least 4 members (excludes halogenated alkanes) is 14. The topological polar surface area (TPSA) is 46.2 Å². The Morgan fingerprint density at radius 1 is 0.611 bits per heavy atom. The van der Waals surface area contributed by atoms with Crippen LogP contribution >= 0.6 is 0 Å². The first-order valence-electron chi connectivity index (χ1n) is 13.1. The first-order chi connectivity index (χ1) is 16.9. The standard InChI is InChI=1S/C27H39F6NO2/c1-2-3-4-5-6-7-8-9-10-11-12-13-14-15-16-17-24(35)34-25(36)21-18-22(26(28,29)30)20-23(19-21)27(31,32)33/h18-20H,2-17H2,1H3,(H,34,35,36). The molecule has 0 saturated carbocycles. The number of carbonyl (C=O) groups excluding carboxylic acids is 2. The van der Waals surface area contributed by atoms with Crippen molar-refractivity contribution in [3.05, 3.63) is 34.9 Å². The van der Waals surface area contributed by atoms with E-state index in [1.807, 2.05) is 5.32 Å². The van der Waals surface area contributed by atoms with Crippen molar-refractivity contribution in [2.75, 3.05) is 0 Å². The average Bonchev–Trinajstić information content (AvgIpc) is 2.80. The third-order valence-electron chi connectivity index (χ3n) is 6.11. The third kappa shape index (κ3) is 13.9. The van der Waals surface area contributed by atoms with Gasteiger partial charge in [-0.2, -0.15) is 26.3 Å². The van der Waals surface area contributed by atoms with Gasteiger partial charge in [0.1, 0.15) is 0 Å². The summed E-state index contributed by atoms with van der Waals surface area (Å²) in [5, 5.41) is 1.89. The zero-order chi connectivity index (χ0) is 27.0. The first kappa shape index (κ1) is 32.0. The molecule has 0 aliphatic carbocycles. The van der Waals surface area contributed by atoms with Gasteiger partial charge in [-0.1, -0.05) is 96.8 Å². The van der Waals surface area contributed by atoms with Crippen molar-refractivity contribution >= 4 is 11.8 Å². The van der Waals surface area contributed by atoms with E-state index in [1.54, 1.807) is 0 Å². The predicted molar refractivity (Wildman–Crippen MR) is 128 cm³/mol. The molecule has 1 rings (SSSR count). The minimum Gasteiger partial charge on any atom is -0.292 e. The van der Waals surface area contributed by atoms with Crippen LogP contribution in [0.2, 0.25) is 0 Å². The molecule has 3 nitrogen and oxygen atoms in total. The second-order valence-corrected chi connectivity index (χ2v) is 9.37. The molecule has 0 bridgehead atoms. The molecule has 0 aromatic heterocycles. The third-order valence-corrected chi connectivity index (χ3v) is 6.11. The van der Waals surface area contributed by atoms with Gasteiger partial charge >= 0.3 is 12.4 Å². The second-order valence-electron chi connectivity index (χ2n) is 9.37. The monoisotopic (exact) mass is 523 g/mol. The van der Waals surface area contributed by atoms with Crippen LogP contribution < -0.4 is 5.32 Å². The highest BCUT2D eigenvalue weighted by Gasteiger charge is 2.37. The Hall–Kier alpha value is -2.06. The molecule has 36 heavy (non-hydrogen) atoms. The molecule has 0 aliphatic rings. The number of rotatable bonds is 17. The maximum atomic E-state index is 12.9. The zero-order valence-electron chi connectivity index (χ0n) is 21.1. The molecule has 2 amide bonds. The molecule has 0 unspecified atom stereocenters. The van der Waals surface area contributed by atoms with Crippen LogP contribution in [0.3, 0.4) is 0 Å². The molecule has 9 heteroatoms. The molecule has 0 fully saturated rings. The van der Waals surface area contributed by atoms with E-state index in [0.717, 1.165) is 25.7 Å². The highest BCUT2D eigenvalue weighted by molar-refractivity contribution is 6.04. The van der Waals surface area contributed by atoms with E-state index in [9.17, 15) is 35.9 Å². The summed E-state index contributed by atoms with van der Waals surface area (Å²) in [6, 6.07) is 0.561. The van der Waals surface area contributed by atoms with Crippen LogP contribution in [0.15, 0.2) is 18.2 Å². The number of benzene rings is 1. The molecule has 0 spiro atoms. The van der Waals surface area contributed by atoms with Crippen molar-refractivity contribution in [2.24, 2.45) is 0 Å². The Balaban J connectivity index is 2.23. The van der Waals surface area contributed by atoms with Crippen LogP contribution in [-0.2, 0) is 17.1 Å². The van der Waals surface area contributed by atoms with E-state index in [1.165, 1.54) is 64.2 Å². The lowest BCUT2D eigenvalue weighted by atomic mass is 10.0. The van der Waals surface area contributed by atoms with Gasteiger partial charge in [0, 0.05) is 12.0 Å². The van der Waals surface area contributed by atoms with E-state index in [0.29, 0.717) is 18.6 Å². The zero-order valence-corrected chi connectivity index (χ0v) is 21.1. The molecule has 0 aliphatic heterocycles. The minimum atomic E-state index is -5.06. The molecule has 0 atom stereocenters. The Labute approximate surface area is 210 Å². The molecule has 0 saturated heterocycles. The van der Waals surface area contributed by atoms with Gasteiger partial charge < -0.3 is 0 Å². The lowest BCUT2D eigenvalue weighted by molar-refractivity contribution is -0.143. The summed E-state index contributed by atoms with van der Waals surface area (Å²) in [5.74, 6) is -2.00. The van der Waals surface area contributed by atoms with E-state index in [-0.39, 0.29) is 12.5 Å². The van der Waals surface area contributed by atoms with Crippen LogP contribution in [0, 0.1) is 0 Å². The van der Waals surface area contributed by atoms with Gasteiger partial charge in [-0.25, -0.2) is 0 Å². The summed E-state index contributed by atoms with van der Waals surface area (Å²) in [5.41, 5.74) is -4.06. The fraction of sp³-hybridized carbons (Fsp3) is 0.704. The van der Waals surface area contributed by atoms with Gasteiger partial charge in [-0.3, -0.25) is 14.9 Å². The van der Waals surface area contributed by atoms with Crippen LogP contribution in [0.25, 0.3) is 0 Å². The summed E-state index contributed by atoms with van der Waals surface area (Å²) in [6.45, 7) is 2.22. The van der Waals surface area contributed by atoms with Crippen LogP contribution in [0.4, 0.5) is 26.3 Å². The molecule has 1 aromatic rings. The van der Waals surface area contributed by atoms with Gasteiger partial charge in [0.15, 0.2) is 0 Å².